The SMILES string of the molecule is Cc1cccc2c1B1c3c(C)cccc3Oc3cccc(c31)O2. The van der Waals surface area contributed by atoms with Gasteiger partial charge in [0.05, 0.1) is 0 Å². The highest BCUT2D eigenvalue weighted by Gasteiger charge is 2.41. The summed E-state index contributed by atoms with van der Waals surface area (Å²) in [5.41, 5.74) is 6.17. The lowest BCUT2D eigenvalue weighted by atomic mass is 9.33. The van der Waals surface area contributed by atoms with Gasteiger partial charge in [-0.25, -0.2) is 0 Å². The van der Waals surface area contributed by atoms with Gasteiger partial charge < -0.3 is 9.47 Å². The third-order valence-electron chi connectivity index (χ3n) is 4.90. The van der Waals surface area contributed by atoms with Crippen molar-refractivity contribution in [3.05, 3.63) is 65.7 Å². The molecule has 0 saturated heterocycles. The molecular weight excluding hydrogens is 283 g/mol. The van der Waals surface area contributed by atoms with Gasteiger partial charge in [-0.05, 0) is 49.0 Å². The van der Waals surface area contributed by atoms with E-state index in [9.17, 15) is 0 Å². The Labute approximate surface area is 135 Å². The van der Waals surface area contributed by atoms with E-state index in [0.717, 1.165) is 28.5 Å². The summed E-state index contributed by atoms with van der Waals surface area (Å²) in [7, 11) is 0. The molecule has 2 heterocycles. The van der Waals surface area contributed by atoms with Crippen LogP contribution in [0, 0.1) is 13.8 Å². The van der Waals surface area contributed by atoms with Gasteiger partial charge in [0.15, 0.2) is 0 Å². The second-order valence-electron chi connectivity index (χ2n) is 6.28. The monoisotopic (exact) mass is 298 g/mol. The van der Waals surface area contributed by atoms with Crippen molar-refractivity contribution in [2.24, 2.45) is 0 Å². The molecule has 3 aromatic rings. The summed E-state index contributed by atoms with van der Waals surface area (Å²) in [6.07, 6.45) is 0. The number of benzene rings is 3. The molecule has 0 unspecified atom stereocenters. The number of aryl methyl sites for hydroxylation is 2. The summed E-state index contributed by atoms with van der Waals surface area (Å²) in [6.45, 7) is 4.49. The number of rotatable bonds is 0. The van der Waals surface area contributed by atoms with Crippen molar-refractivity contribution in [2.75, 3.05) is 0 Å². The highest BCUT2D eigenvalue weighted by atomic mass is 16.5. The van der Waals surface area contributed by atoms with Gasteiger partial charge in [0.2, 0.25) is 0 Å². The van der Waals surface area contributed by atoms with Crippen LogP contribution in [0.3, 0.4) is 0 Å². The maximum atomic E-state index is 6.18. The van der Waals surface area contributed by atoms with Gasteiger partial charge in [0.1, 0.15) is 23.0 Å². The molecule has 0 aliphatic carbocycles. The van der Waals surface area contributed by atoms with Crippen LogP contribution in [-0.2, 0) is 0 Å². The van der Waals surface area contributed by atoms with Crippen molar-refractivity contribution in [3.63, 3.8) is 0 Å². The minimum atomic E-state index is 0.177. The predicted molar refractivity (Wildman–Crippen MR) is 93.6 cm³/mol. The van der Waals surface area contributed by atoms with E-state index in [1.54, 1.807) is 0 Å². The van der Waals surface area contributed by atoms with Gasteiger partial charge in [0.25, 0.3) is 6.71 Å². The molecule has 0 saturated carbocycles. The van der Waals surface area contributed by atoms with Crippen molar-refractivity contribution < 1.29 is 9.47 Å². The Morgan fingerprint density at radius 1 is 0.565 bits per heavy atom. The predicted octanol–water partition coefficient (Wildman–Crippen LogP) is 3.03. The van der Waals surface area contributed by atoms with Crippen molar-refractivity contribution in [1.29, 1.82) is 0 Å². The lowest BCUT2D eigenvalue weighted by Crippen LogP contribution is -2.58. The van der Waals surface area contributed by atoms with Gasteiger partial charge in [-0.15, -0.1) is 0 Å². The van der Waals surface area contributed by atoms with Crippen molar-refractivity contribution >= 4 is 23.1 Å². The Kier molecular flexibility index (Phi) is 2.46. The Hall–Kier alpha value is -2.68. The zero-order valence-electron chi connectivity index (χ0n) is 13.1. The zero-order valence-corrected chi connectivity index (χ0v) is 13.1. The van der Waals surface area contributed by atoms with Crippen LogP contribution < -0.4 is 25.9 Å². The molecule has 0 N–H and O–H groups in total. The number of hydrogen-bond donors (Lipinski definition) is 0. The third-order valence-corrected chi connectivity index (χ3v) is 4.90. The average Bonchev–Trinajstić information content (AvgIpc) is 2.55. The molecule has 0 radical (unpaired) electrons. The van der Waals surface area contributed by atoms with Crippen molar-refractivity contribution in [1.82, 2.24) is 0 Å². The standard InChI is InChI=1S/C20H15BO2/c1-12-6-3-8-14-18(12)21-19-13(2)7-4-9-15(19)23-17-11-5-10-16(22-14)20(17)21/h3-11H,1-2H3. The van der Waals surface area contributed by atoms with Gasteiger partial charge in [-0.3, -0.25) is 0 Å². The van der Waals surface area contributed by atoms with Crippen LogP contribution in [0.5, 0.6) is 23.0 Å². The first kappa shape index (κ1) is 12.8. The number of hydrogen-bond acceptors (Lipinski definition) is 2. The van der Waals surface area contributed by atoms with Gasteiger partial charge in [0, 0.05) is 5.46 Å². The first-order valence-electron chi connectivity index (χ1n) is 7.91. The molecule has 3 aromatic carbocycles. The summed E-state index contributed by atoms with van der Waals surface area (Å²) < 4.78 is 12.4. The molecule has 0 bridgehead atoms. The molecular formula is C20H15BO2. The second-order valence-corrected chi connectivity index (χ2v) is 6.28. The summed E-state index contributed by atoms with van der Waals surface area (Å²) >= 11 is 0. The fourth-order valence-electron chi connectivity index (χ4n) is 3.88. The fourth-order valence-corrected chi connectivity index (χ4v) is 3.88. The van der Waals surface area contributed by atoms with Crippen LogP contribution in [0.15, 0.2) is 54.6 Å². The molecule has 0 spiro atoms. The molecule has 2 nitrogen and oxygen atoms in total. The lowest BCUT2D eigenvalue weighted by Gasteiger charge is -2.34. The maximum Gasteiger partial charge on any atom is 0.261 e. The molecule has 2 aliphatic heterocycles. The quantitative estimate of drug-likeness (QED) is 0.409. The van der Waals surface area contributed by atoms with Gasteiger partial charge in [-0.1, -0.05) is 41.5 Å². The van der Waals surface area contributed by atoms with Crippen LogP contribution in [0.4, 0.5) is 0 Å². The first-order chi connectivity index (χ1) is 11.2. The summed E-state index contributed by atoms with van der Waals surface area (Å²) in [6, 6.07) is 18.6. The maximum absolute atomic E-state index is 6.18. The van der Waals surface area contributed by atoms with E-state index >= 15 is 0 Å². The summed E-state index contributed by atoms with van der Waals surface area (Å²) in [4.78, 5) is 0. The minimum absolute atomic E-state index is 0.177. The summed E-state index contributed by atoms with van der Waals surface area (Å²) in [5, 5.41) is 0. The molecule has 110 valence electrons. The third kappa shape index (κ3) is 1.65. The van der Waals surface area contributed by atoms with E-state index in [1.165, 1.54) is 22.1 Å². The van der Waals surface area contributed by atoms with Crippen molar-refractivity contribution in [2.45, 2.75) is 13.8 Å². The Bertz CT molecular complexity index is 855. The van der Waals surface area contributed by atoms with E-state index in [0.29, 0.717) is 0 Å². The molecule has 3 heteroatoms. The van der Waals surface area contributed by atoms with Crippen LogP contribution in [0.1, 0.15) is 11.1 Å². The zero-order chi connectivity index (χ0) is 15.6. The smallest absolute Gasteiger partial charge is 0.261 e. The first-order valence-corrected chi connectivity index (χ1v) is 7.91. The van der Waals surface area contributed by atoms with Crippen LogP contribution in [0.2, 0.25) is 0 Å². The molecule has 5 rings (SSSR count). The van der Waals surface area contributed by atoms with Crippen LogP contribution in [-0.4, -0.2) is 6.71 Å². The Morgan fingerprint density at radius 2 is 0.957 bits per heavy atom. The lowest BCUT2D eigenvalue weighted by molar-refractivity contribution is 0.464. The van der Waals surface area contributed by atoms with Gasteiger partial charge >= 0.3 is 0 Å². The van der Waals surface area contributed by atoms with E-state index < -0.39 is 0 Å². The second kappa shape index (κ2) is 4.42. The minimum Gasteiger partial charge on any atom is -0.458 e. The molecule has 0 fully saturated rings. The molecule has 0 amide bonds. The van der Waals surface area contributed by atoms with E-state index in [2.05, 4.69) is 50.2 Å². The average molecular weight is 298 g/mol. The molecule has 2 aliphatic rings. The molecule has 0 atom stereocenters. The van der Waals surface area contributed by atoms with E-state index in [-0.39, 0.29) is 6.71 Å². The number of ether oxygens (including phenoxy) is 2. The molecule has 23 heavy (non-hydrogen) atoms. The van der Waals surface area contributed by atoms with Crippen LogP contribution >= 0.6 is 0 Å². The van der Waals surface area contributed by atoms with E-state index in [4.69, 9.17) is 9.47 Å². The normalized spacial score (nSPS) is 13.4. The van der Waals surface area contributed by atoms with Crippen LogP contribution in [0.25, 0.3) is 0 Å². The topological polar surface area (TPSA) is 18.5 Å². The largest absolute Gasteiger partial charge is 0.458 e. The summed E-state index contributed by atoms with van der Waals surface area (Å²) in [5.74, 6) is 3.71. The highest BCUT2D eigenvalue weighted by molar-refractivity contribution is 6.98. The highest BCUT2D eigenvalue weighted by Crippen LogP contribution is 2.34. The Morgan fingerprint density at radius 3 is 1.43 bits per heavy atom. The van der Waals surface area contributed by atoms with E-state index in [1.807, 2.05) is 18.2 Å². The fraction of sp³-hybridized carbons (Fsp3) is 0.100. The Balaban J connectivity index is 1.91. The molecule has 0 aromatic heterocycles. The van der Waals surface area contributed by atoms with Gasteiger partial charge in [-0.2, -0.15) is 0 Å². The number of fused-ring (bicyclic) bond motifs is 4. The van der Waals surface area contributed by atoms with Crippen molar-refractivity contribution in [3.8, 4) is 23.0 Å².